The van der Waals surface area contributed by atoms with Gasteiger partial charge in [-0.3, -0.25) is 20.0 Å². The molecule has 16 heavy (non-hydrogen) atoms. The molecule has 0 saturated carbocycles. The van der Waals surface area contributed by atoms with Gasteiger partial charge < -0.3 is 0 Å². The summed E-state index contributed by atoms with van der Waals surface area (Å²) in [6.45, 7) is 6.72. The average Bonchev–Trinajstić information content (AvgIpc) is 2.31. The molecule has 0 unspecified atom stereocenters. The third kappa shape index (κ3) is 11.6. The molecule has 4 nitrogen and oxygen atoms in total. The van der Waals surface area contributed by atoms with E-state index in [0.717, 1.165) is 0 Å². The fraction of sp³-hybridized carbons (Fsp3) is 0. The van der Waals surface area contributed by atoms with Crippen molar-refractivity contribution in [2.24, 2.45) is 20.0 Å². The standard InChI is InChI=1S/C12H14N4/c1-3-14-8-5-10-16-12-6-11-15-9-4-7-13-2/h3-12H,1-2H2/b7-4+,10-5+,11-6+,14-8?,15-9+,16-12+. The molecule has 0 fully saturated rings. The minimum Gasteiger partial charge on any atom is -0.272 e. The highest BCUT2D eigenvalue weighted by Gasteiger charge is 1.64. The van der Waals surface area contributed by atoms with E-state index < -0.39 is 0 Å². The second kappa shape index (κ2) is 12.6. The zero-order chi connectivity index (χ0) is 11.9. The van der Waals surface area contributed by atoms with E-state index in [1.165, 1.54) is 6.20 Å². The number of hydrogen-bond donors (Lipinski definition) is 0. The van der Waals surface area contributed by atoms with Crippen LogP contribution >= 0.6 is 0 Å². The molecule has 0 aliphatic heterocycles. The first-order chi connectivity index (χ1) is 7.91. The number of rotatable bonds is 7. The van der Waals surface area contributed by atoms with Crippen LogP contribution in [-0.2, 0) is 0 Å². The molecule has 0 bridgehead atoms. The molecule has 0 aromatic carbocycles. The molecule has 0 aromatic rings. The van der Waals surface area contributed by atoms with Crippen LogP contribution in [0.5, 0.6) is 0 Å². The molecular formula is C12H14N4. The SMILES string of the molecule is C=CN=C/C=C/N=C/C=C/N=C/C=C/N=C. The van der Waals surface area contributed by atoms with Crippen LogP contribution in [-0.4, -0.2) is 25.4 Å². The molecule has 82 valence electrons. The van der Waals surface area contributed by atoms with Crippen molar-refractivity contribution in [2.75, 3.05) is 0 Å². The van der Waals surface area contributed by atoms with Gasteiger partial charge in [0.25, 0.3) is 0 Å². The van der Waals surface area contributed by atoms with Gasteiger partial charge >= 0.3 is 0 Å². The molecule has 0 aliphatic rings. The fourth-order valence-electron chi connectivity index (χ4n) is 0.585. The minimum absolute atomic E-state index is 1.45. The van der Waals surface area contributed by atoms with E-state index in [-0.39, 0.29) is 0 Å². The second-order valence-corrected chi connectivity index (χ2v) is 2.28. The zero-order valence-corrected chi connectivity index (χ0v) is 8.98. The zero-order valence-electron chi connectivity index (χ0n) is 8.98. The van der Waals surface area contributed by atoms with E-state index in [2.05, 4.69) is 33.3 Å². The van der Waals surface area contributed by atoms with Crippen molar-refractivity contribution in [3.8, 4) is 0 Å². The molecule has 0 amide bonds. The van der Waals surface area contributed by atoms with Gasteiger partial charge in [-0.1, -0.05) is 6.58 Å². The van der Waals surface area contributed by atoms with E-state index in [1.54, 1.807) is 55.5 Å². The first kappa shape index (κ1) is 13.6. The first-order valence-corrected chi connectivity index (χ1v) is 4.53. The predicted octanol–water partition coefficient (Wildman–Crippen LogP) is 2.58. The molecule has 0 N–H and O–H groups in total. The number of aliphatic imine (C=N–C) groups is 4. The van der Waals surface area contributed by atoms with Gasteiger partial charge in [-0.25, -0.2) is 0 Å². The van der Waals surface area contributed by atoms with Crippen LogP contribution in [0.15, 0.2) is 69.6 Å². The maximum atomic E-state index is 3.94. The van der Waals surface area contributed by atoms with Crippen LogP contribution < -0.4 is 0 Å². The Morgan fingerprint density at radius 3 is 1.69 bits per heavy atom. The number of hydrogen-bond acceptors (Lipinski definition) is 4. The summed E-state index contributed by atoms with van der Waals surface area (Å²) in [5.41, 5.74) is 0. The summed E-state index contributed by atoms with van der Waals surface area (Å²) in [4.78, 5) is 15.1. The van der Waals surface area contributed by atoms with Crippen molar-refractivity contribution in [2.45, 2.75) is 0 Å². The highest BCUT2D eigenvalue weighted by molar-refractivity contribution is 5.75. The Kier molecular flexibility index (Phi) is 10.8. The Labute approximate surface area is 95.6 Å². The van der Waals surface area contributed by atoms with Crippen LogP contribution in [0, 0.1) is 0 Å². The molecule has 0 radical (unpaired) electrons. The Morgan fingerprint density at radius 1 is 0.688 bits per heavy atom. The molecule has 0 saturated heterocycles. The molecule has 0 spiro atoms. The number of allylic oxidation sites excluding steroid dienone is 3. The van der Waals surface area contributed by atoms with Crippen LogP contribution in [0.2, 0.25) is 0 Å². The third-order valence-electron chi connectivity index (χ3n) is 1.16. The van der Waals surface area contributed by atoms with Gasteiger partial charge in [0.1, 0.15) is 0 Å². The van der Waals surface area contributed by atoms with Crippen molar-refractivity contribution < 1.29 is 0 Å². The fourth-order valence-corrected chi connectivity index (χ4v) is 0.585. The van der Waals surface area contributed by atoms with Gasteiger partial charge in [0.15, 0.2) is 0 Å². The van der Waals surface area contributed by atoms with Gasteiger partial charge in [0.2, 0.25) is 0 Å². The van der Waals surface area contributed by atoms with Gasteiger partial charge in [0, 0.05) is 43.4 Å². The lowest BCUT2D eigenvalue weighted by Crippen LogP contribution is -1.64. The first-order valence-electron chi connectivity index (χ1n) is 4.53. The van der Waals surface area contributed by atoms with Gasteiger partial charge in [-0.15, -0.1) is 0 Å². The lowest BCUT2D eigenvalue weighted by molar-refractivity contribution is 1.57. The van der Waals surface area contributed by atoms with Crippen molar-refractivity contribution in [3.63, 3.8) is 0 Å². The minimum atomic E-state index is 1.45. The molecular weight excluding hydrogens is 200 g/mol. The molecule has 0 atom stereocenters. The summed E-state index contributed by atoms with van der Waals surface area (Å²) in [5.74, 6) is 0. The largest absolute Gasteiger partial charge is 0.272 e. The Balaban J connectivity index is 3.78. The van der Waals surface area contributed by atoms with E-state index in [1.807, 2.05) is 0 Å². The molecule has 0 aromatic heterocycles. The van der Waals surface area contributed by atoms with Crippen molar-refractivity contribution in [3.05, 3.63) is 49.6 Å². The quantitative estimate of drug-likeness (QED) is 0.585. The van der Waals surface area contributed by atoms with E-state index in [4.69, 9.17) is 0 Å². The van der Waals surface area contributed by atoms with E-state index >= 15 is 0 Å². The van der Waals surface area contributed by atoms with Gasteiger partial charge in [-0.05, 0) is 24.9 Å². The van der Waals surface area contributed by atoms with Crippen LogP contribution in [0.25, 0.3) is 0 Å². The lowest BCUT2D eigenvalue weighted by Gasteiger charge is -1.74. The second-order valence-electron chi connectivity index (χ2n) is 2.28. The highest BCUT2D eigenvalue weighted by Crippen LogP contribution is 1.76. The summed E-state index contributed by atoms with van der Waals surface area (Å²) >= 11 is 0. The Hall–Kier alpha value is -2.36. The summed E-state index contributed by atoms with van der Waals surface area (Å²) in [6.07, 6.45) is 16.1. The molecule has 0 aliphatic carbocycles. The topological polar surface area (TPSA) is 49.4 Å². The van der Waals surface area contributed by atoms with Crippen molar-refractivity contribution >= 4 is 25.4 Å². The molecule has 0 rings (SSSR count). The smallest absolute Gasteiger partial charge is 0.0283 e. The third-order valence-corrected chi connectivity index (χ3v) is 1.16. The van der Waals surface area contributed by atoms with Crippen LogP contribution in [0.4, 0.5) is 0 Å². The maximum absolute atomic E-state index is 3.94. The lowest BCUT2D eigenvalue weighted by atomic mass is 10.6. The molecule has 0 heterocycles. The Morgan fingerprint density at radius 2 is 1.19 bits per heavy atom. The van der Waals surface area contributed by atoms with E-state index in [9.17, 15) is 0 Å². The van der Waals surface area contributed by atoms with Crippen LogP contribution in [0.3, 0.4) is 0 Å². The normalized spacial score (nSPS) is 13.2. The predicted molar refractivity (Wildman–Crippen MR) is 72.6 cm³/mol. The van der Waals surface area contributed by atoms with Crippen molar-refractivity contribution in [1.29, 1.82) is 0 Å². The molecule has 4 heteroatoms. The summed E-state index contributed by atoms with van der Waals surface area (Å²) < 4.78 is 0. The maximum Gasteiger partial charge on any atom is 0.0283 e. The van der Waals surface area contributed by atoms with Gasteiger partial charge in [0.05, 0.1) is 0 Å². The highest BCUT2D eigenvalue weighted by atomic mass is 14.7. The number of nitrogens with zero attached hydrogens (tertiary/aromatic N) is 4. The average molecular weight is 214 g/mol. The summed E-state index contributed by atoms with van der Waals surface area (Å²) in [6, 6.07) is 0. The summed E-state index contributed by atoms with van der Waals surface area (Å²) in [7, 11) is 0. The van der Waals surface area contributed by atoms with Crippen molar-refractivity contribution in [1.82, 2.24) is 0 Å². The monoisotopic (exact) mass is 214 g/mol. The van der Waals surface area contributed by atoms with E-state index in [0.29, 0.717) is 0 Å². The summed E-state index contributed by atoms with van der Waals surface area (Å²) in [5, 5.41) is 0. The van der Waals surface area contributed by atoms with Crippen LogP contribution in [0.1, 0.15) is 0 Å². The Bertz CT molecular complexity index is 321. The van der Waals surface area contributed by atoms with Gasteiger partial charge in [-0.2, -0.15) is 0 Å².